The Bertz CT molecular complexity index is 421. The molecule has 0 aromatic heterocycles. The molecule has 0 aliphatic carbocycles. The van der Waals surface area contributed by atoms with E-state index in [1.165, 1.54) is 11.1 Å². The number of hydrogen-bond donors (Lipinski definition) is 0. The van der Waals surface area contributed by atoms with Crippen molar-refractivity contribution in [3.8, 4) is 11.8 Å². The molecule has 1 aromatic rings. The maximum atomic E-state index is 8.58. The Kier molecular flexibility index (Phi) is 5.67. The Labute approximate surface area is 110 Å². The summed E-state index contributed by atoms with van der Waals surface area (Å²) in [5, 5.41) is 8.58. The maximum Gasteiger partial charge on any atom is 0.123 e. The molecule has 0 saturated heterocycles. The van der Waals surface area contributed by atoms with Gasteiger partial charge in [-0.2, -0.15) is 5.26 Å². The van der Waals surface area contributed by atoms with Gasteiger partial charge in [0.15, 0.2) is 0 Å². The number of ether oxygens (including phenoxy) is 1. The van der Waals surface area contributed by atoms with Crippen LogP contribution in [0.25, 0.3) is 0 Å². The summed E-state index contributed by atoms with van der Waals surface area (Å²) in [7, 11) is 3.73. The van der Waals surface area contributed by atoms with Crippen LogP contribution >= 0.6 is 0 Å². The molecule has 0 aliphatic rings. The van der Waals surface area contributed by atoms with Gasteiger partial charge in [-0.3, -0.25) is 0 Å². The van der Waals surface area contributed by atoms with Gasteiger partial charge in [0, 0.05) is 25.1 Å². The maximum absolute atomic E-state index is 8.58. The summed E-state index contributed by atoms with van der Waals surface area (Å²) < 4.78 is 5.45. The zero-order valence-electron chi connectivity index (χ0n) is 11.7. The van der Waals surface area contributed by atoms with Crippen LogP contribution in [-0.2, 0) is 6.54 Å². The van der Waals surface area contributed by atoms with E-state index in [-0.39, 0.29) is 0 Å². The summed E-state index contributed by atoms with van der Waals surface area (Å²) >= 11 is 0. The van der Waals surface area contributed by atoms with Crippen molar-refractivity contribution in [1.29, 1.82) is 5.26 Å². The first-order valence-electron chi connectivity index (χ1n) is 6.30. The molecule has 0 heterocycles. The van der Waals surface area contributed by atoms with Crippen LogP contribution in [0.1, 0.15) is 37.3 Å². The highest BCUT2D eigenvalue weighted by molar-refractivity contribution is 5.38. The minimum absolute atomic E-state index is 0.504. The van der Waals surface area contributed by atoms with Gasteiger partial charge in [-0.15, -0.1) is 0 Å². The summed E-state index contributed by atoms with van der Waals surface area (Å²) in [6, 6.07) is 8.55. The Balaban J connectivity index is 2.79. The predicted molar refractivity (Wildman–Crippen MR) is 73.6 cm³/mol. The molecule has 1 aromatic carbocycles. The van der Waals surface area contributed by atoms with Crippen LogP contribution in [0.3, 0.4) is 0 Å². The lowest BCUT2D eigenvalue weighted by atomic mass is 10.0. The van der Waals surface area contributed by atoms with Crippen LogP contribution in [0.5, 0.6) is 5.75 Å². The first kappa shape index (κ1) is 14.5. The van der Waals surface area contributed by atoms with Crippen molar-refractivity contribution in [2.45, 2.75) is 32.7 Å². The molecule has 0 amide bonds. The van der Waals surface area contributed by atoms with Crippen LogP contribution in [0.4, 0.5) is 0 Å². The van der Waals surface area contributed by atoms with Crippen LogP contribution in [0.2, 0.25) is 0 Å². The van der Waals surface area contributed by atoms with Gasteiger partial charge < -0.3 is 9.64 Å². The number of nitriles is 1. The third-order valence-electron chi connectivity index (χ3n) is 3.02. The normalized spacial score (nSPS) is 10.7. The highest BCUT2D eigenvalue weighted by atomic mass is 16.5. The van der Waals surface area contributed by atoms with Crippen LogP contribution in [-0.4, -0.2) is 25.6 Å². The van der Waals surface area contributed by atoms with Gasteiger partial charge in [-0.1, -0.05) is 26.0 Å². The first-order chi connectivity index (χ1) is 8.58. The topological polar surface area (TPSA) is 36.3 Å². The number of hydrogen-bond acceptors (Lipinski definition) is 3. The predicted octanol–water partition coefficient (Wildman–Crippen LogP) is 3.16. The van der Waals surface area contributed by atoms with E-state index in [0.29, 0.717) is 12.3 Å². The third kappa shape index (κ3) is 4.05. The molecule has 0 saturated carbocycles. The second kappa shape index (κ2) is 7.03. The smallest absolute Gasteiger partial charge is 0.123 e. The van der Waals surface area contributed by atoms with Gasteiger partial charge in [0.2, 0.25) is 0 Å². The second-order valence-electron chi connectivity index (χ2n) is 4.87. The van der Waals surface area contributed by atoms with Gasteiger partial charge in [0.05, 0.1) is 13.2 Å². The highest BCUT2D eigenvalue weighted by Gasteiger charge is 2.08. The standard InChI is InChI=1S/C15H22N2O/c1-12(2)13-6-7-14(15(10-13)18-4)11-17(3)9-5-8-16/h6-7,10,12H,5,9,11H2,1-4H3. The van der Waals surface area contributed by atoms with E-state index in [9.17, 15) is 0 Å². The molecule has 0 aliphatic heterocycles. The van der Waals surface area contributed by atoms with Crippen molar-refractivity contribution in [3.05, 3.63) is 29.3 Å². The SMILES string of the molecule is COc1cc(C(C)C)ccc1CN(C)CCC#N. The molecule has 0 atom stereocenters. The van der Waals surface area contributed by atoms with E-state index >= 15 is 0 Å². The number of nitrogens with zero attached hydrogens (tertiary/aromatic N) is 2. The van der Waals surface area contributed by atoms with Crippen molar-refractivity contribution in [2.75, 3.05) is 20.7 Å². The summed E-state index contributed by atoms with van der Waals surface area (Å²) in [5.41, 5.74) is 2.46. The highest BCUT2D eigenvalue weighted by Crippen LogP contribution is 2.25. The van der Waals surface area contributed by atoms with E-state index in [1.807, 2.05) is 7.05 Å². The molecule has 98 valence electrons. The van der Waals surface area contributed by atoms with Gasteiger partial charge in [-0.25, -0.2) is 0 Å². The summed E-state index contributed by atoms with van der Waals surface area (Å²) in [6.07, 6.45) is 0.558. The van der Waals surface area contributed by atoms with Crippen molar-refractivity contribution in [3.63, 3.8) is 0 Å². The number of rotatable bonds is 6. The molecule has 0 unspecified atom stereocenters. The molecular formula is C15H22N2O. The fourth-order valence-electron chi connectivity index (χ4n) is 1.86. The van der Waals surface area contributed by atoms with Gasteiger partial charge in [-0.05, 0) is 24.6 Å². The van der Waals surface area contributed by atoms with Crippen molar-refractivity contribution in [1.82, 2.24) is 4.90 Å². The molecule has 0 fully saturated rings. The number of benzene rings is 1. The zero-order valence-corrected chi connectivity index (χ0v) is 11.7. The minimum atomic E-state index is 0.504. The van der Waals surface area contributed by atoms with Crippen LogP contribution < -0.4 is 4.74 Å². The van der Waals surface area contributed by atoms with Gasteiger partial charge >= 0.3 is 0 Å². The fraction of sp³-hybridized carbons (Fsp3) is 0.533. The monoisotopic (exact) mass is 246 g/mol. The summed E-state index contributed by atoms with van der Waals surface area (Å²) in [4.78, 5) is 2.14. The van der Waals surface area contributed by atoms with Gasteiger partial charge in [0.25, 0.3) is 0 Å². The lowest BCUT2D eigenvalue weighted by Crippen LogP contribution is -2.19. The van der Waals surface area contributed by atoms with Crippen LogP contribution in [0.15, 0.2) is 18.2 Å². The van der Waals surface area contributed by atoms with Crippen molar-refractivity contribution >= 4 is 0 Å². The largest absolute Gasteiger partial charge is 0.496 e. The van der Waals surface area contributed by atoms with Crippen LogP contribution in [0, 0.1) is 11.3 Å². The van der Waals surface area contributed by atoms with Gasteiger partial charge in [0.1, 0.15) is 5.75 Å². The molecule has 0 N–H and O–H groups in total. The lowest BCUT2D eigenvalue weighted by molar-refractivity contribution is 0.324. The van der Waals surface area contributed by atoms with Crippen molar-refractivity contribution in [2.24, 2.45) is 0 Å². The molecule has 3 nitrogen and oxygen atoms in total. The molecule has 0 bridgehead atoms. The second-order valence-corrected chi connectivity index (χ2v) is 4.87. The average Bonchev–Trinajstić information content (AvgIpc) is 2.36. The Morgan fingerprint density at radius 3 is 2.67 bits per heavy atom. The Hall–Kier alpha value is -1.53. The molecule has 0 radical (unpaired) electrons. The number of methoxy groups -OCH3 is 1. The quantitative estimate of drug-likeness (QED) is 0.773. The fourth-order valence-corrected chi connectivity index (χ4v) is 1.86. The van der Waals surface area contributed by atoms with E-state index in [1.54, 1.807) is 7.11 Å². The summed E-state index contributed by atoms with van der Waals surface area (Å²) in [6.45, 7) is 5.94. The van der Waals surface area contributed by atoms with E-state index < -0.39 is 0 Å². The third-order valence-corrected chi connectivity index (χ3v) is 3.02. The molecule has 0 spiro atoms. The van der Waals surface area contributed by atoms with E-state index in [4.69, 9.17) is 10.00 Å². The molecule has 3 heteroatoms. The Morgan fingerprint density at radius 2 is 2.11 bits per heavy atom. The molecule has 1 rings (SSSR count). The summed E-state index contributed by atoms with van der Waals surface area (Å²) in [5.74, 6) is 1.44. The molecular weight excluding hydrogens is 224 g/mol. The minimum Gasteiger partial charge on any atom is -0.496 e. The first-order valence-corrected chi connectivity index (χ1v) is 6.30. The lowest BCUT2D eigenvalue weighted by Gasteiger charge is -2.18. The Morgan fingerprint density at radius 1 is 1.39 bits per heavy atom. The molecule has 18 heavy (non-hydrogen) atoms. The zero-order chi connectivity index (χ0) is 13.5. The average molecular weight is 246 g/mol. The van der Waals surface area contributed by atoms with Crippen molar-refractivity contribution < 1.29 is 4.74 Å². The van der Waals surface area contributed by atoms with E-state index in [2.05, 4.69) is 43.0 Å². The van der Waals surface area contributed by atoms with E-state index in [0.717, 1.165) is 18.8 Å².